The molecule has 0 radical (unpaired) electrons. The van der Waals surface area contributed by atoms with Crippen molar-refractivity contribution < 1.29 is 36.7 Å². The van der Waals surface area contributed by atoms with Gasteiger partial charge in [-0.15, -0.1) is 9.49 Å². The summed E-state index contributed by atoms with van der Waals surface area (Å²) in [4.78, 5) is 29.6. The molecule has 5 N–H and O–H groups in total. The lowest BCUT2D eigenvalue weighted by Crippen LogP contribution is -2.42. The summed E-state index contributed by atoms with van der Waals surface area (Å²) in [5.41, 5.74) is 16.2. The summed E-state index contributed by atoms with van der Waals surface area (Å²) in [6, 6.07) is 22.9. The fourth-order valence-electron chi connectivity index (χ4n) is 5.86. The average Bonchev–Trinajstić information content (AvgIpc) is 3.95. The number of nitrogen functional groups attached to an aromatic ring is 1. The molecule has 0 unspecified atom stereocenters. The Morgan fingerprint density at radius 1 is 0.656 bits per heavy atom. The van der Waals surface area contributed by atoms with E-state index in [0.29, 0.717) is 12.8 Å². The zero-order valence-electron chi connectivity index (χ0n) is 39.1. The fraction of sp³-hybridized carbons (Fsp3) is 0.396. The Bertz CT molecular complexity index is 2530. The van der Waals surface area contributed by atoms with Crippen LogP contribution in [0.5, 0.6) is 0 Å². The molecule has 64 heavy (non-hydrogen) atoms. The van der Waals surface area contributed by atoms with E-state index in [0.717, 1.165) is 76.3 Å². The largest absolute Gasteiger partial charge is 0.455 e. The van der Waals surface area contributed by atoms with E-state index in [1.54, 1.807) is 30.3 Å². The van der Waals surface area contributed by atoms with Crippen molar-refractivity contribution in [3.05, 3.63) is 127 Å². The van der Waals surface area contributed by atoms with Gasteiger partial charge in [0.15, 0.2) is 11.6 Å². The first-order valence-corrected chi connectivity index (χ1v) is 28.2. The normalized spacial score (nSPS) is 14.6. The van der Waals surface area contributed by atoms with Gasteiger partial charge in [-0.05, 0) is 138 Å². The molecule has 3 aliphatic carbocycles. The molecule has 342 valence electrons. The summed E-state index contributed by atoms with van der Waals surface area (Å²) in [6.45, 7) is 34.1. The van der Waals surface area contributed by atoms with Crippen LogP contribution in [0.15, 0.2) is 88.9 Å². The summed E-state index contributed by atoms with van der Waals surface area (Å²) < 4.78 is 35.9. The molecule has 0 spiro atoms. The van der Waals surface area contributed by atoms with E-state index in [1.165, 1.54) is 23.3 Å². The smallest absolute Gasteiger partial charge is 0.340 e. The van der Waals surface area contributed by atoms with Crippen LogP contribution in [0.2, 0.25) is 36.3 Å². The van der Waals surface area contributed by atoms with Crippen LogP contribution in [0.3, 0.4) is 0 Å². The molecule has 0 aromatic heterocycles. The SMILES string of the molecule is C#[N+]c1ccc2c(c1)CCC2=NO[Si](C)(C)C(C)(C)C.C#[N+]c1ccc2c(c1)CCC2=O.CC(C)(C)[Si](C)(C)ON.Cc1ccc(S(=O)(=O)OO)cc1.Nc1ccc2c(c1)CCC2=O. The zero-order chi connectivity index (χ0) is 48.3. The van der Waals surface area contributed by atoms with Crippen molar-refractivity contribution in [2.45, 2.75) is 128 Å². The Hall–Kier alpha value is -5.31. The number of fused-ring (bicyclic) bond motifs is 3. The molecule has 13 nitrogen and oxygen atoms in total. The van der Waals surface area contributed by atoms with Crippen molar-refractivity contribution in [1.29, 1.82) is 0 Å². The summed E-state index contributed by atoms with van der Waals surface area (Å²) in [5, 5.41) is 12.9. The van der Waals surface area contributed by atoms with Gasteiger partial charge in [0.1, 0.15) is 0 Å². The number of carbonyl (C=O) groups is 2. The Morgan fingerprint density at radius 3 is 1.53 bits per heavy atom. The molecule has 0 saturated carbocycles. The van der Waals surface area contributed by atoms with Crippen molar-refractivity contribution in [3.63, 3.8) is 0 Å². The minimum atomic E-state index is -3.96. The number of oxime groups is 1. The maximum absolute atomic E-state index is 11.2. The monoisotopic (exact) mass is 927 g/mol. The van der Waals surface area contributed by atoms with E-state index in [4.69, 9.17) is 39.1 Å². The fourth-order valence-corrected chi connectivity index (χ4v) is 7.38. The van der Waals surface area contributed by atoms with E-state index in [-0.39, 0.29) is 26.5 Å². The molecule has 0 aliphatic heterocycles. The standard InChI is InChI=1S/C16H23N2OSi.C10H8NO.C9H9NO.C7H8O4S.C6H17NOSi/c1-16(2,3)20(5,6)19-18-15-10-7-12-11-13(17-4)8-9-14(12)15;1-11-8-3-4-9-7(6-8)2-5-10(9)12;10-7-2-3-8-6(5-7)1-4-9(8)11;1-6-2-4-7(5-3-6)12(9,10)11-8;1-6(2,3)9(4,5)8-7/h4,8-9,11H,7,10H2,1-3,5-6H3;1,3-4,6H,2,5H2;2-3,5H,1,4,10H2;2-5,8H,1H3;7H2,1-5H3/q2*+1;;;. The van der Waals surface area contributed by atoms with Crippen LogP contribution in [-0.4, -0.2) is 47.6 Å². The number of ketones is 2. The molecule has 0 atom stereocenters. The van der Waals surface area contributed by atoms with Gasteiger partial charge in [-0.25, -0.2) is 11.2 Å². The summed E-state index contributed by atoms with van der Waals surface area (Å²) in [7, 11) is -7.40. The number of Topliss-reactive ketones (excluding diaryl/α,β-unsaturated/α-hetero) is 2. The van der Waals surface area contributed by atoms with Gasteiger partial charge in [0.25, 0.3) is 21.5 Å². The molecular formula is C48H65N5O8SSi2+2. The molecule has 4 aromatic carbocycles. The van der Waals surface area contributed by atoms with Gasteiger partial charge in [0.05, 0.1) is 10.6 Å². The van der Waals surface area contributed by atoms with E-state index in [1.807, 2.05) is 43.3 Å². The van der Waals surface area contributed by atoms with Crippen LogP contribution < -0.4 is 11.6 Å². The quantitative estimate of drug-likeness (QED) is 0.0751. The van der Waals surface area contributed by atoms with Crippen molar-refractivity contribution in [2.75, 3.05) is 5.73 Å². The van der Waals surface area contributed by atoms with Gasteiger partial charge >= 0.3 is 21.5 Å². The predicted octanol–water partition coefficient (Wildman–Crippen LogP) is 11.8. The molecule has 16 heteroatoms. The van der Waals surface area contributed by atoms with Crippen LogP contribution in [-0.2, 0) is 42.8 Å². The van der Waals surface area contributed by atoms with Gasteiger partial charge in [0, 0.05) is 59.5 Å². The van der Waals surface area contributed by atoms with Crippen molar-refractivity contribution >= 4 is 61.1 Å². The van der Waals surface area contributed by atoms with Gasteiger partial charge in [-0.3, -0.25) is 9.59 Å². The van der Waals surface area contributed by atoms with Crippen molar-refractivity contribution in [3.8, 4) is 13.1 Å². The molecule has 4 aromatic rings. The first-order valence-electron chi connectivity index (χ1n) is 21.0. The molecule has 0 amide bonds. The zero-order valence-corrected chi connectivity index (χ0v) is 41.9. The third-order valence-corrected chi connectivity index (χ3v) is 21.5. The van der Waals surface area contributed by atoms with Gasteiger partial charge in [0.2, 0.25) is 8.32 Å². The number of hydrogen-bond acceptors (Lipinski definition) is 11. The summed E-state index contributed by atoms with van der Waals surface area (Å²) in [5.74, 6) is 5.63. The highest BCUT2D eigenvalue weighted by atomic mass is 32.2. The average molecular weight is 928 g/mol. The number of carbonyl (C=O) groups excluding carboxylic acids is 2. The molecule has 7 rings (SSSR count). The van der Waals surface area contributed by atoms with Gasteiger partial charge in [-0.2, -0.15) is 8.42 Å². The van der Waals surface area contributed by atoms with E-state index in [9.17, 15) is 18.0 Å². The van der Waals surface area contributed by atoms with Crippen molar-refractivity contribution in [2.24, 2.45) is 11.1 Å². The Balaban J connectivity index is 0.000000219. The lowest BCUT2D eigenvalue weighted by atomic mass is 10.1. The highest BCUT2D eigenvalue weighted by Crippen LogP contribution is 2.38. The molecule has 0 fully saturated rings. The minimum absolute atomic E-state index is 0.0596. The lowest BCUT2D eigenvalue weighted by molar-refractivity contribution is -0.130. The maximum atomic E-state index is 11.2. The van der Waals surface area contributed by atoms with Crippen LogP contribution in [0.25, 0.3) is 9.69 Å². The van der Waals surface area contributed by atoms with Crippen LogP contribution in [0.4, 0.5) is 17.1 Å². The number of benzene rings is 4. The Kier molecular flexibility index (Phi) is 18.3. The molecule has 0 bridgehead atoms. The highest BCUT2D eigenvalue weighted by molar-refractivity contribution is 7.86. The highest BCUT2D eigenvalue weighted by Gasteiger charge is 2.40. The topological polar surface area (TPSA) is 189 Å². The Morgan fingerprint density at radius 2 is 1.09 bits per heavy atom. The Labute approximate surface area is 381 Å². The van der Waals surface area contributed by atoms with Gasteiger partial charge < -0.3 is 14.8 Å². The summed E-state index contributed by atoms with van der Waals surface area (Å²) >= 11 is 0. The van der Waals surface area contributed by atoms with Crippen molar-refractivity contribution in [1.82, 2.24) is 0 Å². The van der Waals surface area contributed by atoms with E-state index < -0.39 is 26.8 Å². The number of anilines is 1. The van der Waals surface area contributed by atoms with E-state index >= 15 is 0 Å². The second-order valence-corrected chi connectivity index (χ2v) is 29.8. The first kappa shape index (κ1) is 53.0. The van der Waals surface area contributed by atoms with Crippen LogP contribution in [0, 0.1) is 20.1 Å². The first-order chi connectivity index (χ1) is 29.7. The second-order valence-electron chi connectivity index (χ2n) is 18.8. The number of rotatable bonds is 5. The number of nitrogens with two attached hydrogens (primary N) is 2. The molecule has 0 heterocycles. The molecule has 0 saturated heterocycles. The van der Waals surface area contributed by atoms with Gasteiger partial charge in [-0.1, -0.05) is 59.2 Å². The maximum Gasteiger partial charge on any atom is 0.340 e. The molecule has 3 aliphatic rings. The number of hydrogen-bond donors (Lipinski definition) is 3. The van der Waals surface area contributed by atoms with Crippen LogP contribution in [0.1, 0.15) is 109 Å². The van der Waals surface area contributed by atoms with E-state index in [2.05, 4.69) is 86.9 Å². The lowest BCUT2D eigenvalue weighted by Gasteiger charge is -2.33. The predicted molar refractivity (Wildman–Crippen MR) is 263 cm³/mol. The number of nitrogens with zero attached hydrogens (tertiary/aromatic N) is 3. The third-order valence-electron chi connectivity index (χ3n) is 12.1. The van der Waals surface area contributed by atoms with Crippen LogP contribution >= 0.6 is 0 Å². The summed E-state index contributed by atoms with van der Waals surface area (Å²) in [6.07, 6.45) is 4.88. The minimum Gasteiger partial charge on any atom is -0.455 e. The second kappa shape index (κ2) is 22.1. The third kappa shape index (κ3) is 14.4. The molecular weight excluding hydrogens is 863 g/mol. The number of aryl methyl sites for hydroxylation is 4.